The number of nitrogen functional groups attached to an aromatic ring is 1. The van der Waals surface area contributed by atoms with Crippen LogP contribution in [0.1, 0.15) is 26.7 Å². The average molecular weight is 294 g/mol. The maximum Gasteiger partial charge on any atom is 0.243 e. The third kappa shape index (κ3) is 3.91. The Morgan fingerprint density at radius 2 is 2.00 bits per heavy atom. The van der Waals surface area contributed by atoms with E-state index in [-0.39, 0.29) is 11.9 Å². The minimum atomic E-state index is 0.0885. The highest BCUT2D eigenvalue weighted by Gasteiger charge is 2.20. The number of aromatic nitrogens is 3. The number of carbonyl (C=O) groups is 1. The molecule has 1 aliphatic rings. The Morgan fingerprint density at radius 1 is 1.29 bits per heavy atom. The molecule has 1 atom stereocenters. The summed E-state index contributed by atoms with van der Waals surface area (Å²) in [5.41, 5.74) is 2.45. The SMILES string of the molecule is CCN(CC)c1nc(NN)nc(NCC2CCC(=O)N2)n1. The lowest BCUT2D eigenvalue weighted by Gasteiger charge is -2.20. The zero-order valence-electron chi connectivity index (χ0n) is 12.4. The highest BCUT2D eigenvalue weighted by Crippen LogP contribution is 2.13. The van der Waals surface area contributed by atoms with Gasteiger partial charge in [-0.15, -0.1) is 0 Å². The summed E-state index contributed by atoms with van der Waals surface area (Å²) in [4.78, 5) is 26.0. The minimum Gasteiger partial charge on any atom is -0.352 e. The number of anilines is 3. The first-order valence-electron chi connectivity index (χ1n) is 7.17. The molecule has 1 aromatic heterocycles. The summed E-state index contributed by atoms with van der Waals surface area (Å²) < 4.78 is 0. The molecule has 116 valence electrons. The van der Waals surface area contributed by atoms with Crippen LogP contribution in [0.3, 0.4) is 0 Å². The zero-order valence-corrected chi connectivity index (χ0v) is 12.4. The predicted octanol–water partition coefficient (Wildman–Crippen LogP) is -0.306. The van der Waals surface area contributed by atoms with Gasteiger partial charge in [0, 0.05) is 32.1 Å². The summed E-state index contributed by atoms with van der Waals surface area (Å²) in [6.07, 6.45) is 1.39. The van der Waals surface area contributed by atoms with E-state index in [0.717, 1.165) is 19.5 Å². The van der Waals surface area contributed by atoms with Gasteiger partial charge in [-0.3, -0.25) is 10.2 Å². The van der Waals surface area contributed by atoms with Crippen molar-refractivity contribution in [3.05, 3.63) is 0 Å². The van der Waals surface area contributed by atoms with Gasteiger partial charge in [-0.25, -0.2) is 5.84 Å². The normalized spacial score (nSPS) is 17.5. The molecule has 0 saturated carbocycles. The van der Waals surface area contributed by atoms with E-state index in [0.29, 0.717) is 30.8 Å². The molecule has 21 heavy (non-hydrogen) atoms. The largest absolute Gasteiger partial charge is 0.352 e. The second-order valence-electron chi connectivity index (χ2n) is 4.78. The number of rotatable bonds is 7. The quantitative estimate of drug-likeness (QED) is 0.399. The molecule has 1 unspecified atom stereocenters. The van der Waals surface area contributed by atoms with E-state index in [1.54, 1.807) is 0 Å². The fourth-order valence-electron chi connectivity index (χ4n) is 2.20. The standard InChI is InChI=1S/C12H22N8O/c1-3-20(4-2)12-17-10(16-11(18-12)19-13)14-7-8-5-6-9(21)15-8/h8H,3-7,13H2,1-2H3,(H,15,21)(H2,14,16,17,18,19). The van der Waals surface area contributed by atoms with E-state index < -0.39 is 0 Å². The van der Waals surface area contributed by atoms with Crippen molar-refractivity contribution in [3.63, 3.8) is 0 Å². The van der Waals surface area contributed by atoms with Crippen LogP contribution in [0, 0.1) is 0 Å². The van der Waals surface area contributed by atoms with Crippen molar-refractivity contribution in [2.24, 2.45) is 5.84 Å². The lowest BCUT2D eigenvalue weighted by Crippen LogP contribution is -2.32. The molecular formula is C12H22N8O. The molecule has 1 amide bonds. The summed E-state index contributed by atoms with van der Waals surface area (Å²) in [6, 6.07) is 0.112. The van der Waals surface area contributed by atoms with Crippen molar-refractivity contribution >= 4 is 23.8 Å². The van der Waals surface area contributed by atoms with Crippen LogP contribution >= 0.6 is 0 Å². The van der Waals surface area contributed by atoms with E-state index in [2.05, 4.69) is 31.0 Å². The van der Waals surface area contributed by atoms with Crippen LogP contribution in [-0.4, -0.2) is 46.5 Å². The number of hydrogen-bond acceptors (Lipinski definition) is 8. The van der Waals surface area contributed by atoms with Gasteiger partial charge in [0.15, 0.2) is 0 Å². The predicted molar refractivity (Wildman–Crippen MR) is 80.9 cm³/mol. The number of nitrogens with two attached hydrogens (primary N) is 1. The molecule has 0 radical (unpaired) electrons. The molecule has 9 heteroatoms. The molecular weight excluding hydrogens is 272 g/mol. The molecule has 1 aliphatic heterocycles. The van der Waals surface area contributed by atoms with Gasteiger partial charge in [0.1, 0.15) is 0 Å². The van der Waals surface area contributed by atoms with Crippen LogP contribution in [0.2, 0.25) is 0 Å². The summed E-state index contributed by atoms with van der Waals surface area (Å²) >= 11 is 0. The molecule has 0 spiro atoms. The highest BCUT2D eigenvalue weighted by molar-refractivity contribution is 5.78. The monoisotopic (exact) mass is 294 g/mol. The van der Waals surface area contributed by atoms with Gasteiger partial charge in [0.05, 0.1) is 0 Å². The second kappa shape index (κ2) is 7.02. The van der Waals surface area contributed by atoms with Crippen LogP contribution in [0.5, 0.6) is 0 Å². The van der Waals surface area contributed by atoms with Crippen LogP contribution < -0.4 is 26.8 Å². The first kappa shape index (κ1) is 15.2. The van der Waals surface area contributed by atoms with Gasteiger partial charge >= 0.3 is 0 Å². The topological polar surface area (TPSA) is 121 Å². The Kier molecular flexibility index (Phi) is 5.09. The van der Waals surface area contributed by atoms with Crippen LogP contribution in [-0.2, 0) is 4.79 Å². The smallest absolute Gasteiger partial charge is 0.243 e. The van der Waals surface area contributed by atoms with Gasteiger partial charge in [0.2, 0.25) is 23.8 Å². The Bertz CT molecular complexity index is 490. The Hall–Kier alpha value is -2.16. The fourth-order valence-corrected chi connectivity index (χ4v) is 2.20. The minimum absolute atomic E-state index is 0.0885. The average Bonchev–Trinajstić information content (AvgIpc) is 2.92. The fraction of sp³-hybridized carbons (Fsp3) is 0.667. The lowest BCUT2D eigenvalue weighted by molar-refractivity contribution is -0.119. The van der Waals surface area contributed by atoms with Crippen LogP contribution in [0.4, 0.5) is 17.8 Å². The third-order valence-electron chi connectivity index (χ3n) is 3.39. The van der Waals surface area contributed by atoms with E-state index in [1.165, 1.54) is 0 Å². The van der Waals surface area contributed by atoms with Crippen LogP contribution in [0.15, 0.2) is 0 Å². The molecule has 0 bridgehead atoms. The van der Waals surface area contributed by atoms with Crippen molar-refractivity contribution in [1.29, 1.82) is 0 Å². The Balaban J connectivity index is 2.07. The summed E-state index contributed by atoms with van der Waals surface area (Å²) in [7, 11) is 0. The van der Waals surface area contributed by atoms with Crippen molar-refractivity contribution in [2.45, 2.75) is 32.7 Å². The second-order valence-corrected chi connectivity index (χ2v) is 4.78. The molecule has 1 fully saturated rings. The molecule has 0 aromatic carbocycles. The van der Waals surface area contributed by atoms with Gasteiger partial charge in [-0.2, -0.15) is 15.0 Å². The molecule has 0 aliphatic carbocycles. The maximum atomic E-state index is 11.2. The van der Waals surface area contributed by atoms with Crippen molar-refractivity contribution in [1.82, 2.24) is 20.3 Å². The summed E-state index contributed by atoms with van der Waals surface area (Å²) in [5.74, 6) is 6.82. The molecule has 2 heterocycles. The van der Waals surface area contributed by atoms with Crippen molar-refractivity contribution in [2.75, 3.05) is 35.3 Å². The van der Waals surface area contributed by atoms with E-state index in [4.69, 9.17) is 5.84 Å². The van der Waals surface area contributed by atoms with E-state index in [9.17, 15) is 4.79 Å². The van der Waals surface area contributed by atoms with Gasteiger partial charge in [-0.05, 0) is 20.3 Å². The number of amides is 1. The molecule has 1 saturated heterocycles. The zero-order chi connectivity index (χ0) is 15.2. The maximum absolute atomic E-state index is 11.2. The van der Waals surface area contributed by atoms with Crippen LogP contribution in [0.25, 0.3) is 0 Å². The number of nitrogens with one attached hydrogen (secondary N) is 3. The molecule has 2 rings (SSSR count). The Morgan fingerprint density at radius 3 is 2.57 bits per heavy atom. The van der Waals surface area contributed by atoms with Crippen molar-refractivity contribution < 1.29 is 4.79 Å². The lowest BCUT2D eigenvalue weighted by atomic mass is 10.2. The molecule has 9 nitrogen and oxygen atoms in total. The third-order valence-corrected chi connectivity index (χ3v) is 3.39. The van der Waals surface area contributed by atoms with Gasteiger partial charge in [0.25, 0.3) is 0 Å². The first-order valence-corrected chi connectivity index (χ1v) is 7.17. The van der Waals surface area contributed by atoms with Crippen molar-refractivity contribution in [3.8, 4) is 0 Å². The van der Waals surface area contributed by atoms with Gasteiger partial charge < -0.3 is 15.5 Å². The highest BCUT2D eigenvalue weighted by atomic mass is 16.1. The number of hydrogen-bond donors (Lipinski definition) is 4. The number of hydrazine groups is 1. The summed E-state index contributed by atoms with van der Waals surface area (Å²) in [6.45, 7) is 6.23. The molecule has 5 N–H and O–H groups in total. The summed E-state index contributed by atoms with van der Waals surface area (Å²) in [5, 5.41) is 6.02. The molecule has 1 aromatic rings. The number of carbonyl (C=O) groups excluding carboxylic acids is 1. The number of nitrogens with zero attached hydrogens (tertiary/aromatic N) is 4. The van der Waals surface area contributed by atoms with Gasteiger partial charge in [-0.1, -0.05) is 0 Å². The Labute approximate surface area is 123 Å². The first-order chi connectivity index (χ1) is 10.2. The van der Waals surface area contributed by atoms with E-state index in [1.807, 2.05) is 18.7 Å². The van der Waals surface area contributed by atoms with E-state index >= 15 is 0 Å².